The zero-order valence-corrected chi connectivity index (χ0v) is 26.7. The van der Waals surface area contributed by atoms with E-state index in [1.54, 1.807) is 0 Å². The van der Waals surface area contributed by atoms with Gasteiger partial charge in [0.05, 0.1) is 12.0 Å². The minimum atomic E-state index is -0.586. The van der Waals surface area contributed by atoms with Gasteiger partial charge in [-0.2, -0.15) is 0 Å². The van der Waals surface area contributed by atoms with Crippen LogP contribution in [0, 0.1) is 56.7 Å². The molecule has 0 heterocycles. The number of fused-ring (bicyclic) bond motifs is 7. The summed E-state index contributed by atoms with van der Waals surface area (Å²) in [5, 5.41) is 13.8. The highest BCUT2D eigenvalue weighted by molar-refractivity contribution is 5.76. The fourth-order valence-electron chi connectivity index (χ4n) is 11.6. The molecule has 0 aromatic carbocycles. The quantitative estimate of drug-likeness (QED) is 0.200. The monoisotopic (exact) mass is 555 g/mol. The maximum absolute atomic E-state index is 12.9. The second kappa shape index (κ2) is 10.1. The smallest absolute Gasteiger partial charge is 0.320 e. The summed E-state index contributed by atoms with van der Waals surface area (Å²) < 4.78 is 6.16. The molecule has 40 heavy (non-hydrogen) atoms. The topological polar surface area (TPSA) is 75.6 Å². The highest BCUT2D eigenvalue weighted by Gasteiger charge is 2.69. The molecule has 5 rings (SSSR count). The third-order valence-corrected chi connectivity index (χ3v) is 14.3. The van der Waals surface area contributed by atoms with Crippen molar-refractivity contribution in [2.75, 3.05) is 13.1 Å². The maximum atomic E-state index is 12.9. The molecule has 0 aromatic rings. The summed E-state index contributed by atoms with van der Waals surface area (Å²) in [5.74, 6) is 1.51. The van der Waals surface area contributed by atoms with Crippen LogP contribution in [0.15, 0.2) is 11.6 Å². The fourth-order valence-corrected chi connectivity index (χ4v) is 11.6. The number of hydrogen-bond donors (Lipinski definition) is 2. The van der Waals surface area contributed by atoms with Crippen molar-refractivity contribution in [2.45, 2.75) is 126 Å². The molecule has 0 amide bonds. The Morgan fingerprint density at radius 3 is 2.38 bits per heavy atom. The van der Waals surface area contributed by atoms with Gasteiger partial charge in [-0.25, -0.2) is 0 Å². The van der Waals surface area contributed by atoms with E-state index in [4.69, 9.17) is 4.74 Å². The molecule has 0 aliphatic heterocycles. The van der Waals surface area contributed by atoms with Crippen LogP contribution in [0.4, 0.5) is 0 Å². The molecule has 0 saturated heterocycles. The number of allylic oxidation sites excluding steroid dienone is 2. The van der Waals surface area contributed by atoms with Gasteiger partial charge in [0.25, 0.3) is 0 Å². The Kier molecular flexibility index (Phi) is 7.62. The Morgan fingerprint density at radius 1 is 0.975 bits per heavy atom. The first-order chi connectivity index (χ1) is 18.7. The van der Waals surface area contributed by atoms with Gasteiger partial charge in [-0.15, -0.1) is 0 Å². The third-order valence-electron chi connectivity index (χ3n) is 14.3. The number of carboxylic acids is 1. The lowest BCUT2D eigenvalue weighted by Crippen LogP contribution is -2.65. The zero-order chi connectivity index (χ0) is 29.3. The first-order valence-electron chi connectivity index (χ1n) is 16.5. The largest absolute Gasteiger partial charge is 0.481 e. The first-order valence-corrected chi connectivity index (χ1v) is 16.5. The molecular formula is C35H57NO4. The van der Waals surface area contributed by atoms with Crippen molar-refractivity contribution in [3.63, 3.8) is 0 Å². The summed E-state index contributed by atoms with van der Waals surface area (Å²) in [7, 11) is 0. The molecule has 5 aliphatic rings. The summed E-state index contributed by atoms with van der Waals surface area (Å²) in [5.41, 5.74) is 1.21. The lowest BCUT2D eigenvalue weighted by Gasteiger charge is -2.71. The standard InChI is InChI=1S/C35H57NO4/c1-9-20-36-21-28(37)40-27-14-15-32(6)25(31(27,4)5)13-16-34(8)26(32)11-10-24-29-23(3)22(2)12-17-35(29,30(38)39)19-18-33(24,34)7/h10,22-23,25-27,29,36H,9,11-21H2,1-8H3,(H,38,39)/t22-,23+,25+,26-,27+,29+,32+,33-,34-,35+/m1/s1. The van der Waals surface area contributed by atoms with E-state index in [2.05, 4.69) is 66.8 Å². The van der Waals surface area contributed by atoms with Gasteiger partial charge in [0.15, 0.2) is 0 Å². The molecule has 4 fully saturated rings. The molecule has 10 atom stereocenters. The number of esters is 1. The highest BCUT2D eigenvalue weighted by atomic mass is 16.5. The SMILES string of the molecule is CCCNCC(=O)O[C@H]1CC[C@]2(C)[C@H]3CC=C4[C@@H]5[C@@H](C)[C@H](C)CC[C@]5(C(=O)O)CC[C@@]4(C)[C@]3(C)CC[C@H]2C1(C)C. The minimum absolute atomic E-state index is 0.0356. The number of nitrogens with one attached hydrogen (secondary N) is 1. The molecule has 4 saturated carbocycles. The van der Waals surface area contributed by atoms with Gasteiger partial charge in [-0.05, 0) is 117 Å². The molecule has 0 bridgehead atoms. The lowest BCUT2D eigenvalue weighted by molar-refractivity contribution is -0.214. The van der Waals surface area contributed by atoms with Crippen LogP contribution in [0.25, 0.3) is 0 Å². The second-order valence-electron chi connectivity index (χ2n) is 16.1. The van der Waals surface area contributed by atoms with Gasteiger partial charge >= 0.3 is 11.9 Å². The molecule has 226 valence electrons. The van der Waals surface area contributed by atoms with E-state index in [1.807, 2.05) is 0 Å². The van der Waals surface area contributed by atoms with Crippen LogP contribution in [0.2, 0.25) is 0 Å². The van der Waals surface area contributed by atoms with Gasteiger partial charge in [-0.3, -0.25) is 9.59 Å². The number of ether oxygens (including phenoxy) is 1. The Hall–Kier alpha value is -1.36. The zero-order valence-electron chi connectivity index (χ0n) is 26.7. The molecule has 0 aromatic heterocycles. The Morgan fingerprint density at radius 2 is 1.70 bits per heavy atom. The van der Waals surface area contributed by atoms with E-state index >= 15 is 0 Å². The molecule has 0 spiro atoms. The molecule has 5 nitrogen and oxygen atoms in total. The van der Waals surface area contributed by atoms with Crippen LogP contribution in [0.5, 0.6) is 0 Å². The van der Waals surface area contributed by atoms with E-state index in [0.29, 0.717) is 30.2 Å². The second-order valence-corrected chi connectivity index (χ2v) is 16.1. The summed E-state index contributed by atoms with van der Waals surface area (Å²) >= 11 is 0. The number of aliphatic carboxylic acids is 1. The summed E-state index contributed by atoms with van der Waals surface area (Å²) in [6.45, 7) is 20.3. The molecule has 0 radical (unpaired) electrons. The Balaban J connectivity index is 1.46. The van der Waals surface area contributed by atoms with Crippen molar-refractivity contribution < 1.29 is 19.4 Å². The van der Waals surface area contributed by atoms with Gasteiger partial charge < -0.3 is 15.2 Å². The van der Waals surface area contributed by atoms with Crippen molar-refractivity contribution in [2.24, 2.45) is 56.7 Å². The first kappa shape index (κ1) is 30.1. The number of carboxylic acid groups (broad SMARTS) is 1. The third kappa shape index (κ3) is 4.09. The van der Waals surface area contributed by atoms with Crippen molar-refractivity contribution in [3.8, 4) is 0 Å². The maximum Gasteiger partial charge on any atom is 0.320 e. The Labute approximate surface area is 243 Å². The highest BCUT2D eigenvalue weighted by Crippen LogP contribution is 2.75. The van der Waals surface area contributed by atoms with Gasteiger partial charge in [0.1, 0.15) is 6.10 Å². The molecule has 2 N–H and O–H groups in total. The van der Waals surface area contributed by atoms with Crippen LogP contribution < -0.4 is 5.32 Å². The van der Waals surface area contributed by atoms with Crippen LogP contribution in [-0.2, 0) is 14.3 Å². The van der Waals surface area contributed by atoms with Gasteiger partial charge in [-0.1, -0.05) is 67.0 Å². The number of hydrogen-bond acceptors (Lipinski definition) is 4. The van der Waals surface area contributed by atoms with Gasteiger partial charge in [0.2, 0.25) is 0 Å². The van der Waals surface area contributed by atoms with Crippen molar-refractivity contribution in [3.05, 3.63) is 11.6 Å². The number of carbonyl (C=O) groups excluding carboxylic acids is 1. The van der Waals surface area contributed by atoms with Crippen LogP contribution in [0.1, 0.15) is 120 Å². The Bertz CT molecular complexity index is 1050. The van der Waals surface area contributed by atoms with Gasteiger partial charge in [0, 0.05) is 5.41 Å². The van der Waals surface area contributed by atoms with Crippen LogP contribution in [-0.4, -0.2) is 36.2 Å². The summed E-state index contributed by atoms with van der Waals surface area (Å²) in [6, 6.07) is 0. The van der Waals surface area contributed by atoms with E-state index in [9.17, 15) is 14.7 Å². The molecule has 5 aliphatic carbocycles. The average molecular weight is 556 g/mol. The van der Waals surface area contributed by atoms with Crippen LogP contribution >= 0.6 is 0 Å². The van der Waals surface area contributed by atoms with Crippen molar-refractivity contribution >= 4 is 11.9 Å². The van der Waals surface area contributed by atoms with E-state index in [-0.39, 0.29) is 39.7 Å². The minimum Gasteiger partial charge on any atom is -0.481 e. The van der Waals surface area contributed by atoms with E-state index in [0.717, 1.165) is 64.3 Å². The predicted octanol–water partition coefficient (Wildman–Crippen LogP) is 7.64. The number of rotatable bonds is 6. The lowest BCUT2D eigenvalue weighted by atomic mass is 9.33. The number of carbonyl (C=O) groups is 2. The fraction of sp³-hybridized carbons (Fsp3) is 0.886. The summed E-state index contributed by atoms with van der Waals surface area (Å²) in [6.07, 6.45) is 12.6. The molecule has 5 heteroatoms. The normalized spacial score (nSPS) is 47.5. The van der Waals surface area contributed by atoms with E-state index < -0.39 is 11.4 Å². The van der Waals surface area contributed by atoms with Crippen molar-refractivity contribution in [1.29, 1.82) is 0 Å². The molecular weight excluding hydrogens is 498 g/mol. The molecule has 0 unspecified atom stereocenters. The van der Waals surface area contributed by atoms with E-state index in [1.165, 1.54) is 12.0 Å². The average Bonchev–Trinajstić information content (AvgIpc) is 2.88. The van der Waals surface area contributed by atoms with Crippen molar-refractivity contribution in [1.82, 2.24) is 5.32 Å². The van der Waals surface area contributed by atoms with Crippen LogP contribution in [0.3, 0.4) is 0 Å². The predicted molar refractivity (Wildman–Crippen MR) is 160 cm³/mol. The summed E-state index contributed by atoms with van der Waals surface area (Å²) in [4.78, 5) is 25.6.